The molecule has 96 valence electrons. The highest BCUT2D eigenvalue weighted by Gasteiger charge is 2.34. The van der Waals surface area contributed by atoms with Crippen molar-refractivity contribution >= 4 is 0 Å². The van der Waals surface area contributed by atoms with Crippen LogP contribution in [0.5, 0.6) is 0 Å². The molecular weight excluding hydrogens is 229 g/mol. The molecule has 0 radical (unpaired) electrons. The summed E-state index contributed by atoms with van der Waals surface area (Å²) in [5.41, 5.74) is -0.314. The summed E-state index contributed by atoms with van der Waals surface area (Å²) in [6, 6.07) is 1.21. The lowest BCUT2D eigenvalue weighted by molar-refractivity contribution is -0.138. The number of hydrogen-bond acceptors (Lipinski definition) is 2. The van der Waals surface area contributed by atoms with Crippen LogP contribution in [0, 0.1) is 0 Å². The fourth-order valence-corrected chi connectivity index (χ4v) is 1.83. The second kappa shape index (κ2) is 5.49. The second-order valence-corrected chi connectivity index (χ2v) is 4.29. The van der Waals surface area contributed by atoms with Crippen LogP contribution in [0.4, 0.5) is 13.2 Å². The number of hydrogen-bond donors (Lipinski definition) is 1. The van der Waals surface area contributed by atoms with Crippen molar-refractivity contribution in [2.75, 3.05) is 7.05 Å². The summed E-state index contributed by atoms with van der Waals surface area (Å²) < 4.78 is 38.4. The lowest BCUT2D eigenvalue weighted by Crippen LogP contribution is -2.24. The number of halogens is 3. The van der Waals surface area contributed by atoms with Gasteiger partial charge in [0.1, 0.15) is 0 Å². The van der Waals surface area contributed by atoms with E-state index in [1.807, 2.05) is 6.92 Å². The molecule has 1 heterocycles. The highest BCUT2D eigenvalue weighted by Crippen LogP contribution is 2.35. The maximum atomic E-state index is 12.8. The van der Waals surface area contributed by atoms with Crippen LogP contribution >= 0.6 is 0 Å². The first kappa shape index (κ1) is 14.0. The Bertz CT molecular complexity index is 363. The van der Waals surface area contributed by atoms with Crippen molar-refractivity contribution in [3.05, 3.63) is 29.6 Å². The Morgan fingerprint density at radius 1 is 1.35 bits per heavy atom. The van der Waals surface area contributed by atoms with Crippen molar-refractivity contribution < 1.29 is 13.2 Å². The molecule has 0 bridgehead atoms. The molecule has 0 saturated heterocycles. The fraction of sp³-hybridized carbons (Fsp3) is 0.583. The monoisotopic (exact) mass is 246 g/mol. The number of rotatable bonds is 4. The maximum Gasteiger partial charge on any atom is 0.416 e. The van der Waals surface area contributed by atoms with Crippen LogP contribution in [0.3, 0.4) is 0 Å². The van der Waals surface area contributed by atoms with E-state index in [1.54, 1.807) is 14.0 Å². The van der Waals surface area contributed by atoms with Crippen LogP contribution in [0.15, 0.2) is 18.5 Å². The zero-order valence-corrected chi connectivity index (χ0v) is 10.2. The van der Waals surface area contributed by atoms with Gasteiger partial charge in [0.05, 0.1) is 5.56 Å². The van der Waals surface area contributed by atoms with Crippen molar-refractivity contribution in [2.45, 2.75) is 38.4 Å². The van der Waals surface area contributed by atoms with Gasteiger partial charge >= 0.3 is 6.18 Å². The minimum Gasteiger partial charge on any atom is -0.317 e. The molecule has 0 aliphatic carbocycles. The Labute approximate surface area is 99.3 Å². The van der Waals surface area contributed by atoms with E-state index in [-0.39, 0.29) is 17.5 Å². The summed E-state index contributed by atoms with van der Waals surface area (Å²) in [5.74, 6) is -0.178. The van der Waals surface area contributed by atoms with Gasteiger partial charge in [-0.05, 0) is 37.9 Å². The maximum absolute atomic E-state index is 12.8. The topological polar surface area (TPSA) is 24.9 Å². The first-order chi connectivity index (χ1) is 7.86. The van der Waals surface area contributed by atoms with E-state index < -0.39 is 11.7 Å². The summed E-state index contributed by atoms with van der Waals surface area (Å²) in [7, 11) is 1.80. The third-order valence-corrected chi connectivity index (χ3v) is 2.89. The highest BCUT2D eigenvalue weighted by molar-refractivity contribution is 5.29. The van der Waals surface area contributed by atoms with Gasteiger partial charge in [-0.2, -0.15) is 13.2 Å². The molecule has 1 aromatic heterocycles. The van der Waals surface area contributed by atoms with Crippen LogP contribution in [0.25, 0.3) is 0 Å². The summed E-state index contributed by atoms with van der Waals surface area (Å²) >= 11 is 0. The highest BCUT2D eigenvalue weighted by atomic mass is 19.4. The quantitative estimate of drug-likeness (QED) is 0.882. The van der Waals surface area contributed by atoms with Gasteiger partial charge in [0.2, 0.25) is 0 Å². The minimum absolute atomic E-state index is 0.172. The summed E-state index contributed by atoms with van der Waals surface area (Å²) in [6.45, 7) is 3.74. The summed E-state index contributed by atoms with van der Waals surface area (Å²) in [4.78, 5) is 3.79. The van der Waals surface area contributed by atoms with Crippen molar-refractivity contribution in [3.8, 4) is 0 Å². The van der Waals surface area contributed by atoms with Crippen LogP contribution in [0.2, 0.25) is 0 Å². The molecule has 0 amide bonds. The first-order valence-corrected chi connectivity index (χ1v) is 5.54. The van der Waals surface area contributed by atoms with E-state index in [1.165, 1.54) is 12.4 Å². The van der Waals surface area contributed by atoms with Gasteiger partial charge in [0.15, 0.2) is 0 Å². The Morgan fingerprint density at radius 3 is 2.53 bits per heavy atom. The second-order valence-electron chi connectivity index (χ2n) is 4.29. The zero-order chi connectivity index (χ0) is 13.1. The van der Waals surface area contributed by atoms with Gasteiger partial charge in [-0.15, -0.1) is 0 Å². The van der Waals surface area contributed by atoms with Crippen LogP contribution in [0.1, 0.15) is 37.3 Å². The predicted molar refractivity (Wildman–Crippen MR) is 60.8 cm³/mol. The van der Waals surface area contributed by atoms with Gasteiger partial charge < -0.3 is 5.32 Å². The summed E-state index contributed by atoms with van der Waals surface area (Å²) in [5, 5.41) is 3.02. The minimum atomic E-state index is -4.31. The fourth-order valence-electron chi connectivity index (χ4n) is 1.83. The Kier molecular flexibility index (Phi) is 4.51. The Hall–Kier alpha value is -1.10. The zero-order valence-electron chi connectivity index (χ0n) is 10.2. The largest absolute Gasteiger partial charge is 0.416 e. The van der Waals surface area contributed by atoms with Crippen LogP contribution in [-0.2, 0) is 6.18 Å². The SMILES string of the molecule is CNC(C)CC(C)c1cnccc1C(F)(F)F. The van der Waals surface area contributed by atoms with Crippen molar-refractivity contribution in [3.63, 3.8) is 0 Å². The molecule has 5 heteroatoms. The lowest BCUT2D eigenvalue weighted by Gasteiger charge is -2.20. The third kappa shape index (κ3) is 3.70. The van der Waals surface area contributed by atoms with Gasteiger partial charge in [0, 0.05) is 18.4 Å². The van der Waals surface area contributed by atoms with Gasteiger partial charge in [0.25, 0.3) is 0 Å². The van der Waals surface area contributed by atoms with E-state index >= 15 is 0 Å². The van der Waals surface area contributed by atoms with E-state index in [9.17, 15) is 13.2 Å². The number of nitrogens with zero attached hydrogens (tertiary/aromatic N) is 1. The van der Waals surface area contributed by atoms with Gasteiger partial charge in [-0.3, -0.25) is 4.98 Å². The molecule has 1 N–H and O–H groups in total. The van der Waals surface area contributed by atoms with Crippen LogP contribution < -0.4 is 5.32 Å². The molecule has 0 aliphatic rings. The molecule has 2 atom stereocenters. The molecule has 1 aromatic rings. The standard InChI is InChI=1S/C12H17F3N2/c1-8(6-9(2)16-3)10-7-17-5-4-11(10)12(13,14)15/h4-5,7-9,16H,6H2,1-3H3. The Morgan fingerprint density at radius 2 is 2.00 bits per heavy atom. The van der Waals surface area contributed by atoms with Gasteiger partial charge in [-0.25, -0.2) is 0 Å². The molecule has 1 rings (SSSR count). The molecule has 0 aliphatic heterocycles. The number of nitrogens with one attached hydrogen (secondary N) is 1. The van der Waals surface area contributed by atoms with Crippen molar-refractivity contribution in [1.29, 1.82) is 0 Å². The van der Waals surface area contributed by atoms with Crippen molar-refractivity contribution in [2.24, 2.45) is 0 Å². The molecule has 0 fully saturated rings. The Balaban J connectivity index is 2.97. The average Bonchev–Trinajstić information content (AvgIpc) is 2.27. The predicted octanol–water partition coefficient (Wildman–Crippen LogP) is 3.20. The number of aromatic nitrogens is 1. The van der Waals surface area contributed by atoms with E-state index in [2.05, 4.69) is 10.3 Å². The molecule has 0 aromatic carbocycles. The lowest BCUT2D eigenvalue weighted by atomic mass is 9.92. The third-order valence-electron chi connectivity index (χ3n) is 2.89. The smallest absolute Gasteiger partial charge is 0.317 e. The molecular formula is C12H17F3N2. The van der Waals surface area contributed by atoms with Gasteiger partial charge in [-0.1, -0.05) is 6.92 Å². The van der Waals surface area contributed by atoms with Crippen LogP contribution in [-0.4, -0.2) is 18.1 Å². The molecule has 17 heavy (non-hydrogen) atoms. The summed E-state index contributed by atoms with van der Waals surface area (Å²) in [6.07, 6.45) is -1.17. The normalized spacial score (nSPS) is 15.6. The van der Waals surface area contributed by atoms with E-state index in [0.29, 0.717) is 6.42 Å². The van der Waals surface area contributed by atoms with E-state index in [4.69, 9.17) is 0 Å². The molecule has 2 unspecified atom stereocenters. The molecule has 0 saturated carbocycles. The number of pyridine rings is 1. The van der Waals surface area contributed by atoms with E-state index in [0.717, 1.165) is 6.07 Å². The molecule has 0 spiro atoms. The molecule has 2 nitrogen and oxygen atoms in total. The first-order valence-electron chi connectivity index (χ1n) is 5.54. The number of alkyl halides is 3. The van der Waals surface area contributed by atoms with Crippen molar-refractivity contribution in [1.82, 2.24) is 10.3 Å². The average molecular weight is 246 g/mol.